The molecule has 8 nitrogen and oxygen atoms in total. The summed E-state index contributed by atoms with van der Waals surface area (Å²) in [5.74, 6) is -1.10. The smallest absolute Gasteiger partial charge is 0.348 e. The lowest BCUT2D eigenvalue weighted by molar-refractivity contribution is -0.384. The van der Waals surface area contributed by atoms with E-state index in [0.29, 0.717) is 10.3 Å². The highest BCUT2D eigenvalue weighted by Crippen LogP contribution is 2.34. The average molecular weight is 427 g/mol. The lowest BCUT2D eigenvalue weighted by atomic mass is 10.1. The summed E-state index contributed by atoms with van der Waals surface area (Å²) in [6.45, 7) is 1.72. The number of aromatic nitrogens is 2. The number of carbonyl (C=O) groups is 1. The zero-order chi connectivity index (χ0) is 21.4. The topological polar surface area (TPSA) is 104 Å². The van der Waals surface area contributed by atoms with Gasteiger partial charge in [0.25, 0.3) is 11.2 Å². The van der Waals surface area contributed by atoms with Crippen LogP contribution in [0, 0.1) is 15.9 Å². The molecule has 0 bridgehead atoms. The number of thiophene rings is 1. The number of hydrogen-bond donors (Lipinski definition) is 0. The Morgan fingerprint density at radius 3 is 2.87 bits per heavy atom. The molecular formula is C20H14FN3O5S. The van der Waals surface area contributed by atoms with E-state index in [4.69, 9.17) is 4.74 Å². The number of hydrogen-bond acceptors (Lipinski definition) is 7. The molecule has 2 aromatic carbocycles. The molecule has 0 spiro atoms. The maximum atomic E-state index is 14.6. The normalized spacial score (nSPS) is 11.1. The Labute approximate surface area is 172 Å². The Morgan fingerprint density at radius 1 is 1.33 bits per heavy atom. The van der Waals surface area contributed by atoms with Gasteiger partial charge in [0.1, 0.15) is 10.7 Å². The van der Waals surface area contributed by atoms with Gasteiger partial charge in [-0.2, -0.15) is 0 Å². The molecule has 152 valence electrons. The van der Waals surface area contributed by atoms with Gasteiger partial charge in [-0.15, -0.1) is 11.3 Å². The van der Waals surface area contributed by atoms with Gasteiger partial charge in [-0.05, 0) is 25.1 Å². The van der Waals surface area contributed by atoms with Gasteiger partial charge in [0.2, 0.25) is 0 Å². The Hall–Kier alpha value is -3.66. The molecule has 4 rings (SSSR count). The van der Waals surface area contributed by atoms with Crippen molar-refractivity contribution in [3.63, 3.8) is 0 Å². The highest BCUT2D eigenvalue weighted by atomic mass is 32.1. The van der Waals surface area contributed by atoms with E-state index in [1.807, 2.05) is 0 Å². The first-order chi connectivity index (χ1) is 14.4. The second-order valence-corrected chi connectivity index (χ2v) is 7.43. The number of ether oxygens (including phenoxy) is 1. The molecule has 2 heterocycles. The third-order valence-electron chi connectivity index (χ3n) is 4.57. The van der Waals surface area contributed by atoms with Crippen molar-refractivity contribution < 1.29 is 18.8 Å². The van der Waals surface area contributed by atoms with E-state index >= 15 is 0 Å². The van der Waals surface area contributed by atoms with Crippen LogP contribution in [0.15, 0.2) is 47.5 Å². The maximum Gasteiger partial charge on any atom is 0.348 e. The quantitative estimate of drug-likeness (QED) is 0.272. The van der Waals surface area contributed by atoms with Gasteiger partial charge < -0.3 is 4.74 Å². The van der Waals surface area contributed by atoms with Crippen molar-refractivity contribution in [3.05, 3.63) is 79.5 Å². The predicted molar refractivity (Wildman–Crippen MR) is 109 cm³/mol. The van der Waals surface area contributed by atoms with Crippen molar-refractivity contribution in [1.29, 1.82) is 0 Å². The zero-order valence-electron chi connectivity index (χ0n) is 15.6. The summed E-state index contributed by atoms with van der Waals surface area (Å²) in [6, 6.07) is 8.29. The van der Waals surface area contributed by atoms with Crippen LogP contribution in [0.2, 0.25) is 0 Å². The van der Waals surface area contributed by atoms with Gasteiger partial charge in [-0.1, -0.05) is 6.07 Å². The fraction of sp³-hybridized carbons (Fsp3) is 0.150. The van der Waals surface area contributed by atoms with Crippen molar-refractivity contribution in [2.24, 2.45) is 0 Å². The van der Waals surface area contributed by atoms with Crippen LogP contribution in [-0.2, 0) is 11.3 Å². The SMILES string of the molecule is CCOC(=O)c1sc2cccc(F)c2c1Cn1cnc2cc([N+](=O)[O-])ccc2c1=O. The average Bonchev–Trinajstić information content (AvgIpc) is 3.10. The van der Waals surface area contributed by atoms with Gasteiger partial charge in [0, 0.05) is 27.8 Å². The summed E-state index contributed by atoms with van der Waals surface area (Å²) >= 11 is 1.09. The standard InChI is InChI=1S/C20H14FN3O5S/c1-2-29-20(26)18-13(17-14(21)4-3-5-16(17)30-18)9-23-10-22-15-8-11(24(27)28)6-7-12(15)19(23)25/h3-8,10H,2,9H2,1H3. The van der Waals surface area contributed by atoms with Crippen molar-refractivity contribution in [2.45, 2.75) is 13.5 Å². The van der Waals surface area contributed by atoms with Gasteiger partial charge in [-0.3, -0.25) is 19.5 Å². The summed E-state index contributed by atoms with van der Waals surface area (Å²) in [4.78, 5) is 40.1. The Morgan fingerprint density at radius 2 is 2.13 bits per heavy atom. The van der Waals surface area contributed by atoms with Crippen LogP contribution in [-0.4, -0.2) is 27.1 Å². The van der Waals surface area contributed by atoms with E-state index in [0.717, 1.165) is 11.3 Å². The Kier molecular flexibility index (Phi) is 5.00. The molecule has 0 fully saturated rings. The molecule has 10 heteroatoms. The van der Waals surface area contributed by atoms with Crippen LogP contribution in [0.3, 0.4) is 0 Å². The molecule has 2 aromatic heterocycles. The van der Waals surface area contributed by atoms with Crippen LogP contribution in [0.5, 0.6) is 0 Å². The van der Waals surface area contributed by atoms with E-state index in [9.17, 15) is 24.1 Å². The highest BCUT2D eigenvalue weighted by Gasteiger charge is 2.22. The minimum Gasteiger partial charge on any atom is -0.462 e. The van der Waals surface area contributed by atoms with Gasteiger partial charge >= 0.3 is 5.97 Å². The van der Waals surface area contributed by atoms with Crippen LogP contribution >= 0.6 is 11.3 Å². The van der Waals surface area contributed by atoms with Crippen molar-refractivity contribution in [1.82, 2.24) is 9.55 Å². The largest absolute Gasteiger partial charge is 0.462 e. The minimum atomic E-state index is -0.592. The number of halogens is 1. The summed E-state index contributed by atoms with van der Waals surface area (Å²) in [6.07, 6.45) is 1.23. The predicted octanol–water partition coefficient (Wildman–Crippen LogP) is 3.88. The highest BCUT2D eigenvalue weighted by molar-refractivity contribution is 7.21. The molecular weight excluding hydrogens is 413 g/mol. The molecule has 0 N–H and O–H groups in total. The number of benzene rings is 2. The van der Waals surface area contributed by atoms with Gasteiger partial charge in [0.15, 0.2) is 0 Å². The molecule has 0 radical (unpaired) electrons. The number of carbonyl (C=O) groups excluding carboxylic acids is 1. The van der Waals surface area contributed by atoms with Crippen LogP contribution in [0.25, 0.3) is 21.0 Å². The number of nitro benzene ring substituents is 1. The lowest BCUT2D eigenvalue weighted by Gasteiger charge is -2.09. The Balaban J connectivity index is 1.87. The van der Waals surface area contributed by atoms with E-state index in [1.165, 1.54) is 35.2 Å². The first kappa shape index (κ1) is 19.6. The summed E-state index contributed by atoms with van der Waals surface area (Å²) in [7, 11) is 0. The second-order valence-electron chi connectivity index (χ2n) is 6.38. The first-order valence-electron chi connectivity index (χ1n) is 8.91. The maximum absolute atomic E-state index is 14.6. The summed E-state index contributed by atoms with van der Waals surface area (Å²) < 4.78 is 21.5. The number of esters is 1. The molecule has 0 saturated carbocycles. The van der Waals surface area contributed by atoms with E-state index in [1.54, 1.807) is 19.1 Å². The van der Waals surface area contributed by atoms with Crippen LogP contribution in [0.4, 0.5) is 10.1 Å². The molecule has 0 aliphatic heterocycles. The van der Waals surface area contributed by atoms with Crippen molar-refractivity contribution in [3.8, 4) is 0 Å². The van der Waals surface area contributed by atoms with Crippen LogP contribution in [0.1, 0.15) is 22.2 Å². The molecule has 0 aliphatic rings. The van der Waals surface area contributed by atoms with E-state index in [-0.39, 0.29) is 40.0 Å². The van der Waals surface area contributed by atoms with Crippen molar-refractivity contribution >= 4 is 44.0 Å². The fourth-order valence-corrected chi connectivity index (χ4v) is 4.34. The lowest BCUT2D eigenvalue weighted by Crippen LogP contribution is -2.22. The first-order valence-corrected chi connectivity index (χ1v) is 9.73. The second kappa shape index (κ2) is 7.64. The fourth-order valence-electron chi connectivity index (χ4n) is 3.22. The molecule has 0 aliphatic carbocycles. The molecule has 4 aromatic rings. The monoisotopic (exact) mass is 427 g/mol. The number of rotatable bonds is 5. The number of fused-ring (bicyclic) bond motifs is 2. The van der Waals surface area contributed by atoms with E-state index < -0.39 is 22.3 Å². The number of non-ortho nitro benzene ring substituents is 1. The van der Waals surface area contributed by atoms with Gasteiger partial charge in [-0.25, -0.2) is 14.2 Å². The molecule has 0 saturated heterocycles. The van der Waals surface area contributed by atoms with Crippen molar-refractivity contribution in [2.75, 3.05) is 6.61 Å². The third kappa shape index (κ3) is 3.30. The molecule has 0 unspecified atom stereocenters. The van der Waals surface area contributed by atoms with Gasteiger partial charge in [0.05, 0.1) is 35.3 Å². The van der Waals surface area contributed by atoms with E-state index in [2.05, 4.69) is 4.98 Å². The zero-order valence-corrected chi connectivity index (χ0v) is 16.4. The number of nitrogens with zero attached hydrogens (tertiary/aromatic N) is 3. The Bertz CT molecular complexity index is 1380. The molecule has 0 amide bonds. The molecule has 30 heavy (non-hydrogen) atoms. The minimum absolute atomic E-state index is 0.103. The summed E-state index contributed by atoms with van der Waals surface area (Å²) in [5.41, 5.74) is -0.128. The van der Waals surface area contributed by atoms with Crippen LogP contribution < -0.4 is 5.56 Å². The summed E-state index contributed by atoms with van der Waals surface area (Å²) in [5, 5.41) is 11.4. The molecule has 0 atom stereocenters. The third-order valence-corrected chi connectivity index (χ3v) is 5.75. The number of nitro groups is 1.